The third-order valence-electron chi connectivity index (χ3n) is 3.47. The van der Waals surface area contributed by atoms with Gasteiger partial charge in [-0.1, -0.05) is 0 Å². The highest BCUT2D eigenvalue weighted by Gasteiger charge is 2.24. The van der Waals surface area contributed by atoms with Crippen LogP contribution in [0.25, 0.3) is 0 Å². The third kappa shape index (κ3) is 3.72. The molecule has 0 radical (unpaired) electrons. The van der Waals surface area contributed by atoms with Crippen molar-refractivity contribution in [1.82, 2.24) is 10.6 Å². The Bertz CT molecular complexity index is 560. The van der Waals surface area contributed by atoms with Gasteiger partial charge in [0.2, 0.25) is 5.82 Å². The lowest BCUT2D eigenvalue weighted by atomic mass is 9.98. The molecule has 1 fully saturated rings. The summed E-state index contributed by atoms with van der Waals surface area (Å²) in [5.41, 5.74) is -1.68. The van der Waals surface area contributed by atoms with E-state index in [4.69, 9.17) is 0 Å². The van der Waals surface area contributed by atoms with E-state index in [9.17, 15) is 23.7 Å². The minimum absolute atomic E-state index is 0.266. The molecule has 8 heteroatoms. The molecule has 1 aromatic rings. The first-order valence-corrected chi connectivity index (χ1v) is 6.61. The van der Waals surface area contributed by atoms with Crippen molar-refractivity contribution in [2.75, 3.05) is 19.6 Å². The average molecular weight is 299 g/mol. The van der Waals surface area contributed by atoms with Crippen LogP contribution in [-0.2, 0) is 0 Å². The molecule has 1 aromatic carbocycles. The zero-order chi connectivity index (χ0) is 15.4. The van der Waals surface area contributed by atoms with Crippen molar-refractivity contribution in [1.29, 1.82) is 0 Å². The van der Waals surface area contributed by atoms with Crippen LogP contribution < -0.4 is 10.6 Å². The van der Waals surface area contributed by atoms with E-state index in [2.05, 4.69) is 10.6 Å². The first kappa shape index (κ1) is 15.3. The normalized spacial score (nSPS) is 15.7. The van der Waals surface area contributed by atoms with Gasteiger partial charge >= 0.3 is 5.69 Å². The van der Waals surface area contributed by atoms with Crippen LogP contribution in [0.4, 0.5) is 14.5 Å². The predicted molar refractivity (Wildman–Crippen MR) is 70.9 cm³/mol. The van der Waals surface area contributed by atoms with Gasteiger partial charge in [0, 0.05) is 6.54 Å². The van der Waals surface area contributed by atoms with Crippen molar-refractivity contribution in [3.8, 4) is 0 Å². The zero-order valence-electron chi connectivity index (χ0n) is 11.2. The lowest BCUT2D eigenvalue weighted by Crippen LogP contribution is -2.36. The minimum atomic E-state index is -1.32. The van der Waals surface area contributed by atoms with Crippen LogP contribution in [0.2, 0.25) is 0 Å². The number of rotatable bonds is 4. The summed E-state index contributed by atoms with van der Waals surface area (Å²) in [4.78, 5) is 21.4. The molecule has 1 saturated heterocycles. The van der Waals surface area contributed by atoms with Crippen molar-refractivity contribution >= 4 is 11.6 Å². The maximum absolute atomic E-state index is 13.8. The molecule has 0 aromatic heterocycles. The van der Waals surface area contributed by atoms with Gasteiger partial charge in [0.15, 0.2) is 0 Å². The highest BCUT2D eigenvalue weighted by Crippen LogP contribution is 2.22. The van der Waals surface area contributed by atoms with Gasteiger partial charge in [-0.3, -0.25) is 14.9 Å². The van der Waals surface area contributed by atoms with Crippen LogP contribution in [0.3, 0.4) is 0 Å². The number of nitro groups is 1. The smallest absolute Gasteiger partial charge is 0.308 e. The van der Waals surface area contributed by atoms with E-state index in [1.165, 1.54) is 0 Å². The van der Waals surface area contributed by atoms with Crippen LogP contribution in [0, 0.1) is 27.7 Å². The fraction of sp³-hybridized carbons (Fsp3) is 0.462. The summed E-state index contributed by atoms with van der Waals surface area (Å²) in [5.74, 6) is -2.91. The topological polar surface area (TPSA) is 84.3 Å². The Morgan fingerprint density at radius 2 is 2.05 bits per heavy atom. The van der Waals surface area contributed by atoms with E-state index in [0.717, 1.165) is 25.9 Å². The lowest BCUT2D eigenvalue weighted by molar-refractivity contribution is -0.387. The van der Waals surface area contributed by atoms with E-state index in [1.54, 1.807) is 0 Å². The van der Waals surface area contributed by atoms with Gasteiger partial charge in [-0.25, -0.2) is 4.39 Å². The molecule has 1 heterocycles. The largest absolute Gasteiger partial charge is 0.352 e. The van der Waals surface area contributed by atoms with Crippen LogP contribution in [-0.4, -0.2) is 30.5 Å². The molecule has 0 spiro atoms. The molecule has 114 valence electrons. The monoisotopic (exact) mass is 299 g/mol. The van der Waals surface area contributed by atoms with E-state index >= 15 is 0 Å². The molecule has 0 unspecified atom stereocenters. The quantitative estimate of drug-likeness (QED) is 0.653. The lowest BCUT2D eigenvalue weighted by Gasteiger charge is -2.22. The molecule has 0 saturated carbocycles. The van der Waals surface area contributed by atoms with Gasteiger partial charge in [-0.2, -0.15) is 4.39 Å². The molecular weight excluding hydrogens is 284 g/mol. The molecule has 1 aliphatic heterocycles. The number of carbonyl (C=O) groups excluding carboxylic acids is 1. The summed E-state index contributed by atoms with van der Waals surface area (Å²) in [6.07, 6.45) is 1.76. The van der Waals surface area contributed by atoms with Gasteiger partial charge in [0.05, 0.1) is 16.6 Å². The van der Waals surface area contributed by atoms with Crippen molar-refractivity contribution in [2.24, 2.45) is 5.92 Å². The van der Waals surface area contributed by atoms with Gasteiger partial charge in [0.25, 0.3) is 5.91 Å². The standard InChI is InChI=1S/C13H15F2N3O3/c14-9-5-10(12(15)11(6-9)18(20)21)13(19)17-7-8-1-3-16-4-2-8/h5-6,8,16H,1-4,7H2,(H,17,19). The Hall–Kier alpha value is -2.09. The average Bonchev–Trinajstić information content (AvgIpc) is 2.47. The molecule has 6 nitrogen and oxygen atoms in total. The van der Waals surface area contributed by atoms with Gasteiger partial charge in [-0.05, 0) is 37.9 Å². The summed E-state index contributed by atoms with van der Waals surface area (Å²) >= 11 is 0. The SMILES string of the molecule is O=C(NCC1CCNCC1)c1cc(F)cc([N+](=O)[O-])c1F. The summed E-state index contributed by atoms with van der Waals surface area (Å²) < 4.78 is 27.1. The fourth-order valence-electron chi connectivity index (χ4n) is 2.29. The summed E-state index contributed by atoms with van der Waals surface area (Å²) in [5, 5.41) is 16.3. The zero-order valence-corrected chi connectivity index (χ0v) is 11.2. The van der Waals surface area contributed by atoms with Crippen LogP contribution in [0.1, 0.15) is 23.2 Å². The number of carbonyl (C=O) groups is 1. The molecule has 1 amide bonds. The van der Waals surface area contributed by atoms with E-state index in [-0.39, 0.29) is 5.92 Å². The number of nitrogens with one attached hydrogen (secondary N) is 2. The van der Waals surface area contributed by atoms with Crippen molar-refractivity contribution in [3.63, 3.8) is 0 Å². The van der Waals surface area contributed by atoms with Crippen LogP contribution >= 0.6 is 0 Å². The maximum Gasteiger partial charge on any atom is 0.308 e. The summed E-state index contributed by atoms with van der Waals surface area (Å²) in [7, 11) is 0. The summed E-state index contributed by atoms with van der Waals surface area (Å²) in [6, 6.07) is 1.12. The predicted octanol–water partition coefficient (Wildman–Crippen LogP) is 1.60. The van der Waals surface area contributed by atoms with E-state index in [1.807, 2.05) is 0 Å². The van der Waals surface area contributed by atoms with Crippen molar-refractivity contribution < 1.29 is 18.5 Å². The van der Waals surface area contributed by atoms with E-state index in [0.29, 0.717) is 18.7 Å². The van der Waals surface area contributed by atoms with Gasteiger partial charge in [0.1, 0.15) is 5.82 Å². The van der Waals surface area contributed by atoms with Crippen molar-refractivity contribution in [3.05, 3.63) is 39.4 Å². The second-order valence-electron chi connectivity index (χ2n) is 4.95. The van der Waals surface area contributed by atoms with Gasteiger partial charge in [-0.15, -0.1) is 0 Å². The molecular formula is C13H15F2N3O3. The first-order valence-electron chi connectivity index (χ1n) is 6.61. The van der Waals surface area contributed by atoms with Crippen LogP contribution in [0.15, 0.2) is 12.1 Å². The molecule has 2 N–H and O–H groups in total. The highest BCUT2D eigenvalue weighted by molar-refractivity contribution is 5.95. The van der Waals surface area contributed by atoms with E-state index < -0.39 is 33.7 Å². The molecule has 0 aliphatic carbocycles. The minimum Gasteiger partial charge on any atom is -0.352 e. The number of hydrogen-bond donors (Lipinski definition) is 2. The number of nitro benzene ring substituents is 1. The Kier molecular flexibility index (Phi) is 4.79. The van der Waals surface area contributed by atoms with Crippen LogP contribution in [0.5, 0.6) is 0 Å². The molecule has 0 bridgehead atoms. The number of nitrogens with zero attached hydrogens (tertiary/aromatic N) is 1. The highest BCUT2D eigenvalue weighted by atomic mass is 19.1. The molecule has 0 atom stereocenters. The first-order chi connectivity index (χ1) is 9.99. The number of halogens is 2. The molecule has 21 heavy (non-hydrogen) atoms. The Morgan fingerprint density at radius 3 is 2.67 bits per heavy atom. The van der Waals surface area contributed by atoms with Gasteiger partial charge < -0.3 is 10.6 Å². The number of amides is 1. The second-order valence-corrected chi connectivity index (χ2v) is 4.95. The number of benzene rings is 1. The molecule has 1 aliphatic rings. The van der Waals surface area contributed by atoms with Crippen molar-refractivity contribution in [2.45, 2.75) is 12.8 Å². The molecule has 2 rings (SSSR count). The summed E-state index contributed by atoms with van der Waals surface area (Å²) in [6.45, 7) is 2.03. The Balaban J connectivity index is 2.09. The second kappa shape index (κ2) is 6.57. The number of piperidine rings is 1. The third-order valence-corrected chi connectivity index (χ3v) is 3.47. The Morgan fingerprint density at radius 1 is 1.38 bits per heavy atom. The maximum atomic E-state index is 13.8. The fourth-order valence-corrected chi connectivity index (χ4v) is 2.29. The number of hydrogen-bond acceptors (Lipinski definition) is 4. The Labute approximate surface area is 119 Å².